The van der Waals surface area contributed by atoms with Crippen molar-refractivity contribution in [2.75, 3.05) is 13.2 Å². The van der Waals surface area contributed by atoms with E-state index in [4.69, 9.17) is 14.2 Å². The molecule has 1 aliphatic heterocycles. The number of hydrogen-bond donors (Lipinski definition) is 2. The van der Waals surface area contributed by atoms with Gasteiger partial charge >= 0.3 is 12.1 Å². The van der Waals surface area contributed by atoms with Crippen LogP contribution < -0.4 is 5.32 Å². The highest BCUT2D eigenvalue weighted by atomic mass is 31.0. The molecular weight excluding hydrogens is 429 g/mol. The molecule has 7 nitrogen and oxygen atoms in total. The molecule has 1 amide bonds. The van der Waals surface area contributed by atoms with Gasteiger partial charge in [0.25, 0.3) is 0 Å². The molecule has 1 saturated carbocycles. The van der Waals surface area contributed by atoms with Crippen molar-refractivity contribution in [3.8, 4) is 11.1 Å². The Bertz CT molecular complexity index is 1000. The highest BCUT2D eigenvalue weighted by Gasteiger charge is 2.52. The van der Waals surface area contributed by atoms with E-state index < -0.39 is 23.4 Å². The molecule has 2 aromatic carbocycles. The molecule has 2 aromatic rings. The lowest BCUT2D eigenvalue weighted by Crippen LogP contribution is -2.59. The van der Waals surface area contributed by atoms with E-state index >= 15 is 0 Å². The van der Waals surface area contributed by atoms with Gasteiger partial charge in [0.2, 0.25) is 0 Å². The Kier molecular flexibility index (Phi) is 5.44. The minimum atomic E-state index is -1.39. The maximum Gasteiger partial charge on any atom is 0.408 e. The van der Waals surface area contributed by atoms with E-state index in [1.165, 1.54) is 0 Å². The highest BCUT2D eigenvalue weighted by Crippen LogP contribution is 2.45. The van der Waals surface area contributed by atoms with E-state index in [2.05, 4.69) is 26.7 Å². The van der Waals surface area contributed by atoms with Gasteiger partial charge in [-0.25, -0.2) is 9.59 Å². The van der Waals surface area contributed by atoms with Crippen LogP contribution in [0.1, 0.15) is 42.7 Å². The fourth-order valence-corrected chi connectivity index (χ4v) is 5.46. The molecule has 1 spiro atoms. The third-order valence-corrected chi connectivity index (χ3v) is 7.17. The summed E-state index contributed by atoms with van der Waals surface area (Å²) < 4.78 is 17.2. The molecule has 8 heteroatoms. The number of nitrogens with one attached hydrogen (secondary N) is 1. The zero-order valence-electron chi connectivity index (χ0n) is 17.6. The van der Waals surface area contributed by atoms with Crippen molar-refractivity contribution in [3.63, 3.8) is 0 Å². The fraction of sp³-hybridized carbons (Fsp3) is 0.417. The molecule has 2 N–H and O–H groups in total. The first-order valence-corrected chi connectivity index (χ1v) is 11.5. The summed E-state index contributed by atoms with van der Waals surface area (Å²) in [4.78, 5) is 24.8. The van der Waals surface area contributed by atoms with Crippen LogP contribution in [0.5, 0.6) is 0 Å². The van der Waals surface area contributed by atoms with Gasteiger partial charge in [0, 0.05) is 18.8 Å². The second-order valence-corrected chi connectivity index (χ2v) is 9.46. The summed E-state index contributed by atoms with van der Waals surface area (Å²) in [6, 6.07) is 16.2. The van der Waals surface area contributed by atoms with Crippen molar-refractivity contribution in [2.24, 2.45) is 0 Å². The standard InChI is InChI=1S/C24H26NO6P/c26-21(27)23(9-11-24(12-10-23)30-14-20(32)31-24)25-22(28)29-13-19-17-7-3-1-5-15(17)16-6-2-4-8-18(16)19/h1-8,19-20H,9-14,32H2,(H,25,28)(H,26,27). The normalized spacial score (nSPS) is 28.8. The summed E-state index contributed by atoms with van der Waals surface area (Å²) in [5.74, 6) is -2.00. The van der Waals surface area contributed by atoms with Crippen LogP contribution in [0.4, 0.5) is 4.79 Å². The zero-order chi connectivity index (χ0) is 22.3. The van der Waals surface area contributed by atoms with Crippen LogP contribution in [-0.2, 0) is 19.0 Å². The summed E-state index contributed by atoms with van der Waals surface area (Å²) >= 11 is 0. The van der Waals surface area contributed by atoms with Gasteiger partial charge in [-0.1, -0.05) is 48.5 Å². The fourth-order valence-electron chi connectivity index (χ4n) is 5.12. The van der Waals surface area contributed by atoms with Crippen LogP contribution in [0, 0.1) is 0 Å². The third kappa shape index (κ3) is 3.68. The van der Waals surface area contributed by atoms with Gasteiger partial charge < -0.3 is 24.6 Å². The SMILES string of the molecule is O=C(NC1(C(=O)O)CCC2(CC1)OCC(P)O2)OCC1c2ccccc2-c2ccccc21. The van der Waals surface area contributed by atoms with E-state index in [-0.39, 0.29) is 31.2 Å². The summed E-state index contributed by atoms with van der Waals surface area (Å²) in [6.07, 6.45) is 0.498. The first kappa shape index (κ1) is 21.4. The first-order valence-electron chi connectivity index (χ1n) is 10.9. The molecular formula is C24H26NO6P. The lowest BCUT2D eigenvalue weighted by atomic mass is 9.78. The lowest BCUT2D eigenvalue weighted by Gasteiger charge is -2.41. The quantitative estimate of drug-likeness (QED) is 0.680. The molecule has 0 aromatic heterocycles. The van der Waals surface area contributed by atoms with Gasteiger partial charge in [-0.2, -0.15) is 0 Å². The number of ether oxygens (including phenoxy) is 3. The zero-order valence-corrected chi connectivity index (χ0v) is 18.7. The molecule has 2 aliphatic carbocycles. The van der Waals surface area contributed by atoms with E-state index in [0.717, 1.165) is 22.3 Å². The van der Waals surface area contributed by atoms with Gasteiger partial charge in [0.1, 0.15) is 12.1 Å². The molecule has 1 heterocycles. The molecule has 32 heavy (non-hydrogen) atoms. The van der Waals surface area contributed by atoms with Crippen molar-refractivity contribution >= 4 is 21.3 Å². The number of benzene rings is 2. The monoisotopic (exact) mass is 455 g/mol. The molecule has 2 unspecified atom stereocenters. The second kappa shape index (κ2) is 8.14. The largest absolute Gasteiger partial charge is 0.480 e. The van der Waals surface area contributed by atoms with E-state index in [1.54, 1.807) is 0 Å². The Morgan fingerprint density at radius 3 is 2.16 bits per heavy atom. The summed E-state index contributed by atoms with van der Waals surface area (Å²) in [5.41, 5.74) is 3.11. The molecule has 168 valence electrons. The predicted molar refractivity (Wildman–Crippen MR) is 120 cm³/mol. The van der Waals surface area contributed by atoms with Crippen molar-refractivity contribution in [1.29, 1.82) is 0 Å². The van der Waals surface area contributed by atoms with Crippen molar-refractivity contribution in [2.45, 2.75) is 48.8 Å². The lowest BCUT2D eigenvalue weighted by molar-refractivity contribution is -0.193. The predicted octanol–water partition coefficient (Wildman–Crippen LogP) is 3.87. The van der Waals surface area contributed by atoms with Crippen LogP contribution in [0.2, 0.25) is 0 Å². The Labute approximate surface area is 188 Å². The number of fused-ring (bicyclic) bond motifs is 3. The summed E-state index contributed by atoms with van der Waals surface area (Å²) in [6.45, 7) is 0.602. The van der Waals surface area contributed by atoms with Crippen molar-refractivity contribution in [3.05, 3.63) is 59.7 Å². The highest BCUT2D eigenvalue weighted by molar-refractivity contribution is 7.17. The average Bonchev–Trinajstić information content (AvgIpc) is 3.32. The number of hydrogen-bond acceptors (Lipinski definition) is 5. The number of alkyl carbamates (subject to hydrolysis) is 1. The van der Waals surface area contributed by atoms with E-state index in [9.17, 15) is 14.7 Å². The smallest absolute Gasteiger partial charge is 0.408 e. The Morgan fingerprint density at radius 1 is 1.03 bits per heavy atom. The van der Waals surface area contributed by atoms with Gasteiger partial charge in [-0.05, 0) is 35.1 Å². The molecule has 1 saturated heterocycles. The number of aliphatic carboxylic acids is 1. The van der Waals surface area contributed by atoms with Crippen LogP contribution in [-0.4, -0.2) is 47.6 Å². The molecule has 0 radical (unpaired) electrons. The number of carboxylic acids is 1. The number of rotatable bonds is 4. The minimum absolute atomic E-state index is 0.0807. The number of carboxylic acid groups (broad SMARTS) is 1. The second-order valence-electron chi connectivity index (χ2n) is 8.72. The molecule has 3 aliphatic rings. The van der Waals surface area contributed by atoms with Crippen LogP contribution >= 0.6 is 9.24 Å². The molecule has 5 rings (SSSR count). The van der Waals surface area contributed by atoms with Crippen LogP contribution in [0.3, 0.4) is 0 Å². The molecule has 2 atom stereocenters. The van der Waals surface area contributed by atoms with Crippen molar-refractivity contribution < 1.29 is 28.9 Å². The topological polar surface area (TPSA) is 94.1 Å². The molecule has 0 bridgehead atoms. The van der Waals surface area contributed by atoms with Gasteiger partial charge in [-0.15, -0.1) is 9.24 Å². The average molecular weight is 455 g/mol. The maximum absolute atomic E-state index is 12.7. The number of carbonyl (C=O) groups excluding carboxylic acids is 1. The Balaban J connectivity index is 1.26. The van der Waals surface area contributed by atoms with Gasteiger partial charge in [0.15, 0.2) is 5.79 Å². The first-order chi connectivity index (χ1) is 15.4. The summed E-state index contributed by atoms with van der Waals surface area (Å²) in [7, 11) is 2.57. The van der Waals surface area contributed by atoms with Gasteiger partial charge in [-0.3, -0.25) is 0 Å². The van der Waals surface area contributed by atoms with Gasteiger partial charge in [0.05, 0.1) is 12.5 Å². The third-order valence-electron chi connectivity index (χ3n) is 6.84. The molecule has 2 fully saturated rings. The summed E-state index contributed by atoms with van der Waals surface area (Å²) in [5, 5.41) is 12.5. The van der Waals surface area contributed by atoms with E-state index in [1.807, 2.05) is 36.4 Å². The Hall–Kier alpha value is -2.47. The minimum Gasteiger partial charge on any atom is -0.480 e. The van der Waals surface area contributed by atoms with Crippen LogP contribution in [0.25, 0.3) is 11.1 Å². The van der Waals surface area contributed by atoms with Crippen LogP contribution in [0.15, 0.2) is 48.5 Å². The maximum atomic E-state index is 12.7. The number of amides is 1. The number of carbonyl (C=O) groups is 2. The van der Waals surface area contributed by atoms with E-state index in [0.29, 0.717) is 19.4 Å². The Morgan fingerprint density at radius 2 is 1.62 bits per heavy atom. The van der Waals surface area contributed by atoms with Crippen molar-refractivity contribution in [1.82, 2.24) is 5.32 Å².